The van der Waals surface area contributed by atoms with E-state index >= 15 is 0 Å². The van der Waals surface area contributed by atoms with Gasteiger partial charge in [0.1, 0.15) is 17.5 Å². The van der Waals surface area contributed by atoms with Gasteiger partial charge in [0.05, 0.1) is 17.1 Å². The van der Waals surface area contributed by atoms with E-state index in [1.165, 1.54) is 0 Å². The van der Waals surface area contributed by atoms with Crippen LogP contribution >= 0.6 is 0 Å². The van der Waals surface area contributed by atoms with E-state index in [1.54, 1.807) is 18.3 Å². The molecular formula is C17H15F2N5. The summed E-state index contributed by atoms with van der Waals surface area (Å²) in [5, 5.41) is 5.80. The summed E-state index contributed by atoms with van der Waals surface area (Å²) in [5.41, 5.74) is 1.23. The van der Waals surface area contributed by atoms with Crippen molar-refractivity contribution in [3.05, 3.63) is 60.3 Å². The quantitative estimate of drug-likeness (QED) is 0.742. The Balaban J connectivity index is 2.00. The van der Waals surface area contributed by atoms with E-state index in [9.17, 15) is 8.78 Å². The normalized spacial score (nSPS) is 10.5. The van der Waals surface area contributed by atoms with Crippen LogP contribution in [0.3, 0.4) is 0 Å². The van der Waals surface area contributed by atoms with Gasteiger partial charge in [-0.3, -0.25) is 4.98 Å². The van der Waals surface area contributed by atoms with Crippen molar-refractivity contribution in [2.75, 3.05) is 17.2 Å². The zero-order chi connectivity index (χ0) is 16.9. The van der Waals surface area contributed by atoms with E-state index in [4.69, 9.17) is 0 Å². The summed E-state index contributed by atoms with van der Waals surface area (Å²) in [6.45, 7) is 2.54. The van der Waals surface area contributed by atoms with Gasteiger partial charge in [0.2, 0.25) is 5.95 Å². The van der Waals surface area contributed by atoms with Gasteiger partial charge in [0.25, 0.3) is 0 Å². The zero-order valence-corrected chi connectivity index (χ0v) is 12.9. The molecule has 0 saturated heterocycles. The number of rotatable bonds is 5. The minimum atomic E-state index is -0.570. The van der Waals surface area contributed by atoms with Gasteiger partial charge in [0, 0.05) is 24.9 Å². The molecule has 0 aliphatic heterocycles. The van der Waals surface area contributed by atoms with E-state index in [1.807, 2.05) is 19.1 Å². The van der Waals surface area contributed by atoms with Gasteiger partial charge < -0.3 is 10.6 Å². The van der Waals surface area contributed by atoms with Crippen LogP contribution in [0.25, 0.3) is 11.4 Å². The fourth-order valence-corrected chi connectivity index (χ4v) is 2.13. The lowest BCUT2D eigenvalue weighted by Gasteiger charge is -2.11. The highest BCUT2D eigenvalue weighted by Crippen LogP contribution is 2.24. The number of anilines is 3. The topological polar surface area (TPSA) is 62.7 Å². The first-order valence-corrected chi connectivity index (χ1v) is 7.42. The summed E-state index contributed by atoms with van der Waals surface area (Å²) < 4.78 is 27.2. The summed E-state index contributed by atoms with van der Waals surface area (Å²) in [5.74, 6) is -0.393. The van der Waals surface area contributed by atoms with Gasteiger partial charge in [-0.05, 0) is 31.2 Å². The van der Waals surface area contributed by atoms with Crippen LogP contribution in [0.4, 0.5) is 26.2 Å². The van der Waals surface area contributed by atoms with E-state index in [2.05, 4.69) is 25.6 Å². The van der Waals surface area contributed by atoms with Gasteiger partial charge >= 0.3 is 0 Å². The van der Waals surface area contributed by atoms with E-state index in [-0.39, 0.29) is 5.69 Å². The van der Waals surface area contributed by atoms with Gasteiger partial charge in [-0.1, -0.05) is 6.07 Å². The second kappa shape index (κ2) is 6.99. The molecule has 1 aromatic carbocycles. The zero-order valence-electron chi connectivity index (χ0n) is 12.9. The fourth-order valence-electron chi connectivity index (χ4n) is 2.13. The first-order valence-electron chi connectivity index (χ1n) is 7.42. The Morgan fingerprint density at radius 2 is 1.88 bits per heavy atom. The number of benzene rings is 1. The predicted molar refractivity (Wildman–Crippen MR) is 89.1 cm³/mol. The van der Waals surface area contributed by atoms with Crippen LogP contribution in [0.2, 0.25) is 0 Å². The molecule has 0 spiro atoms. The highest BCUT2D eigenvalue weighted by atomic mass is 19.1. The maximum atomic E-state index is 13.8. The molecule has 2 aromatic heterocycles. The Labute approximate surface area is 137 Å². The lowest BCUT2D eigenvalue weighted by atomic mass is 10.2. The molecule has 0 fully saturated rings. The minimum absolute atomic E-state index is 0.00289. The van der Waals surface area contributed by atoms with E-state index in [0.717, 1.165) is 18.2 Å². The summed E-state index contributed by atoms with van der Waals surface area (Å²) in [7, 11) is 0. The van der Waals surface area contributed by atoms with Crippen LogP contribution in [0.1, 0.15) is 6.92 Å². The summed E-state index contributed by atoms with van der Waals surface area (Å²) in [4.78, 5) is 12.9. The van der Waals surface area contributed by atoms with Crippen LogP contribution in [-0.4, -0.2) is 21.5 Å². The molecule has 0 unspecified atom stereocenters. The predicted octanol–water partition coefficient (Wildman–Crippen LogP) is 3.99. The standard InChI is InChI=1S/C17H15F2N5/c1-2-20-17-23-15(13-5-3-4-8-21-13)10-16(24-17)22-14-9-11(18)6-7-12(14)19/h3-10H,2H2,1H3,(H2,20,22,23,24). The maximum absolute atomic E-state index is 13.8. The molecule has 0 bridgehead atoms. The van der Waals surface area contributed by atoms with Crippen LogP contribution < -0.4 is 10.6 Å². The van der Waals surface area contributed by atoms with Gasteiger partial charge in [-0.15, -0.1) is 0 Å². The number of halogens is 2. The summed E-state index contributed by atoms with van der Waals surface area (Å²) in [6, 6.07) is 10.3. The van der Waals surface area contributed by atoms with Crippen LogP contribution in [0.15, 0.2) is 48.7 Å². The van der Waals surface area contributed by atoms with E-state index in [0.29, 0.717) is 29.7 Å². The second-order valence-electron chi connectivity index (χ2n) is 4.96. The molecule has 0 aliphatic carbocycles. The molecule has 5 nitrogen and oxygen atoms in total. The summed E-state index contributed by atoms with van der Waals surface area (Å²) in [6.07, 6.45) is 1.66. The SMILES string of the molecule is CCNc1nc(Nc2cc(F)ccc2F)cc(-c2ccccn2)n1. The molecule has 0 saturated carbocycles. The monoisotopic (exact) mass is 327 g/mol. The van der Waals surface area contributed by atoms with Crippen molar-refractivity contribution >= 4 is 17.5 Å². The lowest BCUT2D eigenvalue weighted by molar-refractivity contribution is 0.603. The van der Waals surface area contributed by atoms with Crippen LogP contribution in [0, 0.1) is 11.6 Å². The molecule has 0 atom stereocenters. The first-order chi connectivity index (χ1) is 11.7. The average molecular weight is 327 g/mol. The number of aromatic nitrogens is 3. The third-order valence-corrected chi connectivity index (χ3v) is 3.18. The Hall–Kier alpha value is -3.09. The molecule has 0 aliphatic rings. The average Bonchev–Trinajstić information content (AvgIpc) is 2.59. The third kappa shape index (κ3) is 3.62. The van der Waals surface area contributed by atoms with Gasteiger partial charge in [0.15, 0.2) is 0 Å². The minimum Gasteiger partial charge on any atom is -0.354 e. The molecule has 2 heterocycles. The number of nitrogens with one attached hydrogen (secondary N) is 2. The second-order valence-corrected chi connectivity index (χ2v) is 4.96. The molecule has 2 N–H and O–H groups in total. The Morgan fingerprint density at radius 3 is 2.62 bits per heavy atom. The molecule has 3 aromatic rings. The first kappa shape index (κ1) is 15.8. The molecule has 0 radical (unpaired) electrons. The lowest BCUT2D eigenvalue weighted by Crippen LogP contribution is -2.06. The van der Waals surface area contributed by atoms with Crippen molar-refractivity contribution in [1.29, 1.82) is 0 Å². The number of pyridine rings is 1. The molecule has 3 rings (SSSR count). The van der Waals surface area contributed by atoms with Crippen molar-refractivity contribution in [3.63, 3.8) is 0 Å². The number of hydrogen-bond acceptors (Lipinski definition) is 5. The molecule has 24 heavy (non-hydrogen) atoms. The number of hydrogen-bond donors (Lipinski definition) is 2. The highest BCUT2D eigenvalue weighted by molar-refractivity contribution is 5.65. The Morgan fingerprint density at radius 1 is 1.00 bits per heavy atom. The molecular weight excluding hydrogens is 312 g/mol. The summed E-state index contributed by atoms with van der Waals surface area (Å²) >= 11 is 0. The highest BCUT2D eigenvalue weighted by Gasteiger charge is 2.10. The van der Waals surface area contributed by atoms with Crippen molar-refractivity contribution in [3.8, 4) is 11.4 Å². The molecule has 122 valence electrons. The van der Waals surface area contributed by atoms with Gasteiger partial charge in [-0.2, -0.15) is 4.98 Å². The Kier molecular flexibility index (Phi) is 4.60. The van der Waals surface area contributed by atoms with E-state index < -0.39 is 11.6 Å². The largest absolute Gasteiger partial charge is 0.354 e. The number of nitrogens with zero attached hydrogens (tertiary/aromatic N) is 3. The van der Waals surface area contributed by atoms with Crippen molar-refractivity contribution in [1.82, 2.24) is 15.0 Å². The third-order valence-electron chi connectivity index (χ3n) is 3.18. The maximum Gasteiger partial charge on any atom is 0.225 e. The smallest absolute Gasteiger partial charge is 0.225 e. The van der Waals surface area contributed by atoms with Gasteiger partial charge in [-0.25, -0.2) is 13.8 Å². The van der Waals surface area contributed by atoms with Crippen molar-refractivity contribution in [2.45, 2.75) is 6.92 Å². The van der Waals surface area contributed by atoms with Crippen molar-refractivity contribution in [2.24, 2.45) is 0 Å². The fraction of sp³-hybridized carbons (Fsp3) is 0.118. The Bertz CT molecular complexity index is 840. The van der Waals surface area contributed by atoms with Crippen molar-refractivity contribution < 1.29 is 8.78 Å². The molecule has 7 heteroatoms. The molecule has 0 amide bonds. The van der Waals surface area contributed by atoms with Crippen LogP contribution in [0.5, 0.6) is 0 Å². The van der Waals surface area contributed by atoms with Crippen LogP contribution in [-0.2, 0) is 0 Å².